The van der Waals surface area contributed by atoms with Gasteiger partial charge in [0.25, 0.3) is 5.91 Å². The van der Waals surface area contributed by atoms with E-state index in [4.69, 9.17) is 0 Å². The van der Waals surface area contributed by atoms with Crippen LogP contribution in [0.4, 0.5) is 0 Å². The summed E-state index contributed by atoms with van der Waals surface area (Å²) < 4.78 is 0.870. The summed E-state index contributed by atoms with van der Waals surface area (Å²) in [4.78, 5) is 14.3. The summed E-state index contributed by atoms with van der Waals surface area (Å²) in [7, 11) is 0. The molecule has 1 unspecified atom stereocenters. The first-order valence-corrected chi connectivity index (χ1v) is 6.60. The fourth-order valence-electron chi connectivity index (χ4n) is 2.22. The molecular weight excluding hydrogens is 292 g/mol. The molecule has 1 aliphatic heterocycles. The minimum Gasteiger partial charge on any atom is -0.332 e. The Bertz CT molecular complexity index is 531. The maximum absolute atomic E-state index is 12.6. The highest BCUT2D eigenvalue weighted by molar-refractivity contribution is 9.11. The van der Waals surface area contributed by atoms with E-state index in [9.17, 15) is 10.1 Å². The number of likely N-dealkylation sites (tertiary alicyclic amines) is 1. The van der Waals surface area contributed by atoms with Gasteiger partial charge in [-0.25, -0.2) is 0 Å². The lowest BCUT2D eigenvalue weighted by Gasteiger charge is -2.32. The van der Waals surface area contributed by atoms with Crippen molar-refractivity contribution < 1.29 is 4.79 Å². The molecule has 1 aliphatic carbocycles. The molecule has 4 heteroatoms. The Morgan fingerprint density at radius 3 is 2.67 bits per heavy atom. The van der Waals surface area contributed by atoms with E-state index in [1.807, 2.05) is 32.9 Å². The summed E-state index contributed by atoms with van der Waals surface area (Å²) in [6, 6.07) is 2.19. The molecule has 1 amide bonds. The number of halogens is 1. The number of carbonyl (C=O) groups excluding carboxylic acids is 1. The molecule has 1 fully saturated rings. The number of amides is 1. The van der Waals surface area contributed by atoms with Gasteiger partial charge in [0.05, 0.1) is 6.07 Å². The lowest BCUT2D eigenvalue weighted by molar-refractivity contribution is -0.135. The molecule has 0 aromatic carbocycles. The maximum Gasteiger partial charge on any atom is 0.252 e. The van der Waals surface area contributed by atoms with Crippen LogP contribution in [0.5, 0.6) is 0 Å². The fraction of sp³-hybridized carbons (Fsp3) is 0.429. The van der Waals surface area contributed by atoms with Crippen molar-refractivity contribution in [1.29, 1.82) is 5.26 Å². The van der Waals surface area contributed by atoms with Crippen molar-refractivity contribution in [3.8, 4) is 6.07 Å². The largest absolute Gasteiger partial charge is 0.332 e. The lowest BCUT2D eigenvalue weighted by atomic mass is 9.83. The average molecular weight is 307 g/mol. The van der Waals surface area contributed by atoms with Crippen LogP contribution < -0.4 is 0 Å². The summed E-state index contributed by atoms with van der Waals surface area (Å²) >= 11 is 3.37. The molecule has 3 nitrogen and oxygen atoms in total. The quantitative estimate of drug-likeness (QED) is 0.690. The zero-order valence-electron chi connectivity index (χ0n) is 10.7. The number of hydrogen-bond acceptors (Lipinski definition) is 2. The first kappa shape index (κ1) is 13.1. The molecule has 0 N–H and O–H groups in total. The van der Waals surface area contributed by atoms with Crippen LogP contribution in [0.25, 0.3) is 0 Å². The third kappa shape index (κ3) is 1.83. The molecule has 0 aromatic heterocycles. The molecule has 0 aromatic rings. The Kier molecular flexibility index (Phi) is 2.98. The molecule has 1 saturated heterocycles. The van der Waals surface area contributed by atoms with Crippen LogP contribution in [0.2, 0.25) is 0 Å². The van der Waals surface area contributed by atoms with Gasteiger partial charge in [0.1, 0.15) is 0 Å². The minimum absolute atomic E-state index is 0.129. The second-order valence-electron chi connectivity index (χ2n) is 5.56. The van der Waals surface area contributed by atoms with E-state index in [-0.39, 0.29) is 11.4 Å². The van der Waals surface area contributed by atoms with E-state index in [0.29, 0.717) is 6.54 Å². The third-order valence-electron chi connectivity index (χ3n) is 3.34. The zero-order valence-corrected chi connectivity index (χ0v) is 12.3. The molecule has 2 rings (SSSR count). The van der Waals surface area contributed by atoms with Gasteiger partial charge in [-0.2, -0.15) is 5.26 Å². The van der Waals surface area contributed by atoms with Gasteiger partial charge in [0, 0.05) is 16.6 Å². The number of nitrogens with zero attached hydrogens (tertiary/aromatic N) is 2. The van der Waals surface area contributed by atoms with Crippen LogP contribution in [0.3, 0.4) is 0 Å². The molecule has 0 spiro atoms. The van der Waals surface area contributed by atoms with Crippen molar-refractivity contribution in [2.75, 3.05) is 6.54 Å². The second-order valence-corrected chi connectivity index (χ2v) is 6.47. The monoisotopic (exact) mass is 306 g/mol. The van der Waals surface area contributed by atoms with Gasteiger partial charge in [-0.15, -0.1) is 0 Å². The SMILES string of the molecule is CC(C)(C)N1CC2=CC=C(Br)C=CC2(C#N)C1=O. The summed E-state index contributed by atoms with van der Waals surface area (Å²) in [6.07, 6.45) is 7.22. The first-order valence-electron chi connectivity index (χ1n) is 5.81. The molecule has 0 saturated carbocycles. The topological polar surface area (TPSA) is 44.1 Å². The van der Waals surface area contributed by atoms with Crippen LogP contribution in [-0.2, 0) is 4.79 Å². The van der Waals surface area contributed by atoms with Crippen molar-refractivity contribution in [3.63, 3.8) is 0 Å². The number of rotatable bonds is 0. The zero-order chi connectivity index (χ0) is 13.6. The second kappa shape index (κ2) is 4.10. The van der Waals surface area contributed by atoms with Crippen molar-refractivity contribution in [2.24, 2.45) is 5.41 Å². The number of hydrogen-bond donors (Lipinski definition) is 0. The van der Waals surface area contributed by atoms with Gasteiger partial charge in [0.2, 0.25) is 0 Å². The lowest BCUT2D eigenvalue weighted by Crippen LogP contribution is -2.44. The Morgan fingerprint density at radius 2 is 2.11 bits per heavy atom. The van der Waals surface area contributed by atoms with Crippen LogP contribution in [0.15, 0.2) is 34.4 Å². The van der Waals surface area contributed by atoms with Gasteiger partial charge in [-0.05, 0) is 44.6 Å². The Labute approximate surface area is 116 Å². The standard InChI is InChI=1S/C14H15BrN2O/c1-13(2,3)17-8-10-4-5-11(15)6-7-14(10,9-16)12(17)18/h4-7H,8H2,1-3H3. The van der Waals surface area contributed by atoms with E-state index in [1.165, 1.54) is 0 Å². The molecule has 18 heavy (non-hydrogen) atoms. The molecule has 0 radical (unpaired) electrons. The minimum atomic E-state index is -1.13. The summed E-state index contributed by atoms with van der Waals surface area (Å²) in [5.74, 6) is -0.129. The van der Waals surface area contributed by atoms with Crippen molar-refractivity contribution in [3.05, 3.63) is 34.4 Å². The summed E-state index contributed by atoms with van der Waals surface area (Å²) in [6.45, 7) is 6.46. The van der Waals surface area contributed by atoms with E-state index >= 15 is 0 Å². The highest BCUT2D eigenvalue weighted by Gasteiger charge is 2.52. The van der Waals surface area contributed by atoms with E-state index < -0.39 is 5.41 Å². The van der Waals surface area contributed by atoms with Crippen molar-refractivity contribution in [2.45, 2.75) is 26.3 Å². The highest BCUT2D eigenvalue weighted by Crippen LogP contribution is 2.42. The van der Waals surface area contributed by atoms with Gasteiger partial charge < -0.3 is 4.90 Å². The van der Waals surface area contributed by atoms with E-state index in [1.54, 1.807) is 17.1 Å². The molecule has 1 atom stereocenters. The van der Waals surface area contributed by atoms with E-state index in [0.717, 1.165) is 10.1 Å². The number of carbonyl (C=O) groups is 1. The average Bonchev–Trinajstić information content (AvgIpc) is 2.46. The molecule has 2 aliphatic rings. The Morgan fingerprint density at radius 1 is 1.44 bits per heavy atom. The summed E-state index contributed by atoms with van der Waals surface area (Å²) in [5, 5.41) is 9.49. The highest BCUT2D eigenvalue weighted by atomic mass is 79.9. The van der Waals surface area contributed by atoms with Crippen molar-refractivity contribution in [1.82, 2.24) is 4.90 Å². The molecular formula is C14H15BrN2O. The fourth-order valence-corrected chi connectivity index (χ4v) is 2.48. The van der Waals surface area contributed by atoms with Gasteiger partial charge in [0.15, 0.2) is 5.41 Å². The van der Waals surface area contributed by atoms with Crippen molar-refractivity contribution >= 4 is 21.8 Å². The molecule has 1 heterocycles. The predicted molar refractivity (Wildman–Crippen MR) is 73.7 cm³/mol. The van der Waals surface area contributed by atoms with Gasteiger partial charge in [-0.1, -0.05) is 22.0 Å². The number of nitriles is 1. The molecule has 0 bridgehead atoms. The smallest absolute Gasteiger partial charge is 0.252 e. The first-order chi connectivity index (χ1) is 8.31. The normalized spacial score (nSPS) is 27.3. The predicted octanol–water partition coefficient (Wildman–Crippen LogP) is 2.91. The Balaban J connectivity index is 2.55. The van der Waals surface area contributed by atoms with Crippen LogP contribution in [0, 0.1) is 16.7 Å². The number of fused-ring (bicyclic) bond motifs is 1. The summed E-state index contributed by atoms with van der Waals surface area (Å²) in [5.41, 5.74) is -0.558. The van der Waals surface area contributed by atoms with Crippen LogP contribution in [0.1, 0.15) is 20.8 Å². The van der Waals surface area contributed by atoms with Gasteiger partial charge >= 0.3 is 0 Å². The third-order valence-corrected chi connectivity index (χ3v) is 3.87. The van der Waals surface area contributed by atoms with Crippen LogP contribution in [-0.4, -0.2) is 22.9 Å². The van der Waals surface area contributed by atoms with Crippen LogP contribution >= 0.6 is 15.9 Å². The number of allylic oxidation sites excluding steroid dienone is 4. The van der Waals surface area contributed by atoms with Gasteiger partial charge in [-0.3, -0.25) is 4.79 Å². The van der Waals surface area contributed by atoms with E-state index in [2.05, 4.69) is 22.0 Å². The molecule has 94 valence electrons. The Hall–Kier alpha value is -1.34. The maximum atomic E-state index is 12.6.